The van der Waals surface area contributed by atoms with Gasteiger partial charge in [-0.2, -0.15) is 5.10 Å². The van der Waals surface area contributed by atoms with Crippen molar-refractivity contribution in [2.45, 2.75) is 39.3 Å². The number of carbonyl (C=O) groups excluding carboxylic acids is 1. The molecule has 1 aliphatic heterocycles. The largest absolute Gasteiger partial charge is 0.507 e. The fraction of sp³-hybridized carbons (Fsp3) is 0.267. The number of phenols is 1. The van der Waals surface area contributed by atoms with Gasteiger partial charge in [0.15, 0.2) is 11.5 Å². The van der Waals surface area contributed by atoms with Crippen LogP contribution in [-0.4, -0.2) is 39.3 Å². The van der Waals surface area contributed by atoms with Gasteiger partial charge in [-0.1, -0.05) is 43.1 Å². The molecule has 1 aliphatic rings. The number of aromatic amines is 1. The van der Waals surface area contributed by atoms with Crippen molar-refractivity contribution >= 4 is 17.5 Å². The molecule has 2 N–H and O–H groups in total. The first-order valence-electron chi connectivity index (χ1n) is 12.9. The zero-order valence-electron chi connectivity index (χ0n) is 21.7. The third-order valence-corrected chi connectivity index (χ3v) is 6.92. The van der Waals surface area contributed by atoms with Crippen molar-refractivity contribution in [1.82, 2.24) is 15.1 Å². The number of H-pyrrole nitrogens is 1. The summed E-state index contributed by atoms with van der Waals surface area (Å²) in [5, 5.41) is 18.4. The minimum Gasteiger partial charge on any atom is -0.507 e. The standard InChI is InChI=1S/C30H29ClFN3O4/c1-3-5-14-39-24-13-8-19(15-25(24)38-4-2)29-26-27(22-16-20(31)9-12-23(22)36)33-34-28(26)30(37)35(29)17-18-6-10-21(32)11-7-18/h6-13,15-16,29,36H,3-5,14,17H2,1-2H3,(H,33,34). The fourth-order valence-electron chi connectivity index (χ4n) is 4.80. The van der Waals surface area contributed by atoms with Crippen LogP contribution in [0, 0.1) is 5.82 Å². The van der Waals surface area contributed by atoms with Crippen LogP contribution in [0.4, 0.5) is 4.39 Å². The van der Waals surface area contributed by atoms with Crippen LogP contribution in [0.1, 0.15) is 59.9 Å². The van der Waals surface area contributed by atoms with E-state index >= 15 is 0 Å². The van der Waals surface area contributed by atoms with Crippen LogP contribution in [0.15, 0.2) is 60.7 Å². The first-order valence-corrected chi connectivity index (χ1v) is 13.3. The van der Waals surface area contributed by atoms with Gasteiger partial charge in [0.1, 0.15) is 23.0 Å². The van der Waals surface area contributed by atoms with E-state index in [1.807, 2.05) is 25.1 Å². The van der Waals surface area contributed by atoms with Crippen molar-refractivity contribution in [3.8, 4) is 28.5 Å². The van der Waals surface area contributed by atoms with Gasteiger partial charge in [-0.05, 0) is 66.9 Å². The molecule has 1 amide bonds. The molecule has 0 fully saturated rings. The Morgan fingerprint density at radius 3 is 2.59 bits per heavy atom. The predicted molar refractivity (Wildman–Crippen MR) is 147 cm³/mol. The van der Waals surface area contributed by atoms with Gasteiger partial charge in [0, 0.05) is 22.7 Å². The third-order valence-electron chi connectivity index (χ3n) is 6.68. The van der Waals surface area contributed by atoms with E-state index in [0.717, 1.165) is 24.0 Å². The summed E-state index contributed by atoms with van der Waals surface area (Å²) in [5.74, 6) is 0.580. The maximum atomic E-state index is 13.7. The summed E-state index contributed by atoms with van der Waals surface area (Å²) in [7, 11) is 0. The molecular formula is C30H29ClFN3O4. The molecule has 7 nitrogen and oxygen atoms in total. The molecule has 0 spiro atoms. The highest BCUT2D eigenvalue weighted by Crippen LogP contribution is 2.46. The Labute approximate surface area is 231 Å². The predicted octanol–water partition coefficient (Wildman–Crippen LogP) is 6.90. The third kappa shape index (κ3) is 5.29. The fourth-order valence-corrected chi connectivity index (χ4v) is 4.98. The Morgan fingerprint density at radius 1 is 1.05 bits per heavy atom. The minimum absolute atomic E-state index is 0.00781. The monoisotopic (exact) mass is 549 g/mol. The Morgan fingerprint density at radius 2 is 1.85 bits per heavy atom. The number of hydrogen-bond donors (Lipinski definition) is 2. The number of phenolic OH excluding ortho intramolecular Hbond substituents is 1. The highest BCUT2D eigenvalue weighted by molar-refractivity contribution is 6.31. The molecule has 5 rings (SSSR count). The quantitative estimate of drug-likeness (QED) is 0.210. The maximum absolute atomic E-state index is 13.7. The van der Waals surface area contributed by atoms with Gasteiger partial charge in [0.2, 0.25) is 0 Å². The minimum atomic E-state index is -0.575. The second kappa shape index (κ2) is 11.4. The molecule has 39 heavy (non-hydrogen) atoms. The number of aromatic nitrogens is 2. The Hall–Kier alpha value is -4.04. The molecule has 1 unspecified atom stereocenters. The zero-order chi connectivity index (χ0) is 27.5. The second-order valence-corrected chi connectivity index (χ2v) is 9.76. The number of fused-ring (bicyclic) bond motifs is 1. The maximum Gasteiger partial charge on any atom is 0.273 e. The van der Waals surface area contributed by atoms with E-state index in [2.05, 4.69) is 17.1 Å². The molecule has 0 aliphatic carbocycles. The summed E-state index contributed by atoms with van der Waals surface area (Å²) in [5.41, 5.74) is 3.31. The van der Waals surface area contributed by atoms with E-state index in [1.54, 1.807) is 29.2 Å². The number of aromatic hydroxyl groups is 1. The molecular weight excluding hydrogens is 521 g/mol. The number of unbranched alkanes of at least 4 members (excludes halogenated alkanes) is 1. The van der Waals surface area contributed by atoms with Crippen molar-refractivity contribution in [2.24, 2.45) is 0 Å². The molecule has 0 radical (unpaired) electrons. The number of rotatable bonds is 10. The molecule has 1 atom stereocenters. The summed E-state index contributed by atoms with van der Waals surface area (Å²) in [6, 6.07) is 15.8. The molecule has 0 saturated heterocycles. The number of carbonyl (C=O) groups is 1. The highest BCUT2D eigenvalue weighted by Gasteiger charge is 2.43. The summed E-state index contributed by atoms with van der Waals surface area (Å²) >= 11 is 6.25. The Bertz CT molecular complexity index is 1490. The van der Waals surface area contributed by atoms with Crippen LogP contribution < -0.4 is 9.47 Å². The van der Waals surface area contributed by atoms with Gasteiger partial charge in [-0.15, -0.1) is 0 Å². The molecule has 9 heteroatoms. The van der Waals surface area contributed by atoms with Crippen molar-refractivity contribution in [3.63, 3.8) is 0 Å². The first kappa shape index (κ1) is 26.6. The summed E-state index contributed by atoms with van der Waals surface area (Å²) in [6.45, 7) is 5.23. The van der Waals surface area contributed by atoms with E-state index in [1.165, 1.54) is 18.2 Å². The molecule has 0 saturated carbocycles. The van der Waals surface area contributed by atoms with Crippen LogP contribution in [-0.2, 0) is 6.54 Å². The Balaban J connectivity index is 1.63. The van der Waals surface area contributed by atoms with E-state index in [0.29, 0.717) is 52.3 Å². The lowest BCUT2D eigenvalue weighted by Crippen LogP contribution is -2.29. The van der Waals surface area contributed by atoms with E-state index in [9.17, 15) is 14.3 Å². The van der Waals surface area contributed by atoms with Crippen LogP contribution in [0.5, 0.6) is 17.2 Å². The molecule has 0 bridgehead atoms. The van der Waals surface area contributed by atoms with Crippen LogP contribution in [0.3, 0.4) is 0 Å². The number of amides is 1. The van der Waals surface area contributed by atoms with Crippen LogP contribution in [0.2, 0.25) is 5.02 Å². The number of benzene rings is 3. The van der Waals surface area contributed by atoms with Gasteiger partial charge >= 0.3 is 0 Å². The van der Waals surface area contributed by atoms with Crippen LogP contribution >= 0.6 is 11.6 Å². The SMILES string of the molecule is CCCCOc1ccc(C2c3c(-c4cc(Cl)ccc4O)n[nH]c3C(=O)N2Cc2ccc(F)cc2)cc1OCC. The second-order valence-electron chi connectivity index (χ2n) is 9.33. The summed E-state index contributed by atoms with van der Waals surface area (Å²) < 4.78 is 25.5. The van der Waals surface area contributed by atoms with E-state index in [4.69, 9.17) is 21.1 Å². The van der Waals surface area contributed by atoms with Crippen molar-refractivity contribution < 1.29 is 23.8 Å². The summed E-state index contributed by atoms with van der Waals surface area (Å²) in [6.07, 6.45) is 1.92. The summed E-state index contributed by atoms with van der Waals surface area (Å²) in [4.78, 5) is 15.4. The first-order chi connectivity index (χ1) is 18.9. The smallest absolute Gasteiger partial charge is 0.273 e. The number of nitrogens with one attached hydrogen (secondary N) is 1. The van der Waals surface area contributed by atoms with E-state index < -0.39 is 6.04 Å². The van der Waals surface area contributed by atoms with E-state index in [-0.39, 0.29) is 24.0 Å². The van der Waals surface area contributed by atoms with Gasteiger partial charge in [0.05, 0.1) is 19.3 Å². The normalized spacial score (nSPS) is 14.5. The molecule has 4 aromatic rings. The van der Waals surface area contributed by atoms with Crippen LogP contribution in [0.25, 0.3) is 11.3 Å². The molecule has 2 heterocycles. The average molecular weight is 550 g/mol. The number of hydrogen-bond acceptors (Lipinski definition) is 5. The lowest BCUT2D eigenvalue weighted by Gasteiger charge is -2.27. The zero-order valence-corrected chi connectivity index (χ0v) is 22.5. The molecule has 202 valence electrons. The molecule has 3 aromatic carbocycles. The average Bonchev–Trinajstić information content (AvgIpc) is 3.47. The van der Waals surface area contributed by atoms with Crippen molar-refractivity contribution in [1.29, 1.82) is 0 Å². The highest BCUT2D eigenvalue weighted by atomic mass is 35.5. The van der Waals surface area contributed by atoms with Gasteiger partial charge in [-0.3, -0.25) is 9.89 Å². The van der Waals surface area contributed by atoms with Gasteiger partial charge in [0.25, 0.3) is 5.91 Å². The number of halogens is 2. The topological polar surface area (TPSA) is 87.7 Å². The Kier molecular flexibility index (Phi) is 7.74. The number of nitrogens with zero attached hydrogens (tertiary/aromatic N) is 2. The number of ether oxygens (including phenoxy) is 2. The lowest BCUT2D eigenvalue weighted by molar-refractivity contribution is 0.0729. The van der Waals surface area contributed by atoms with Gasteiger partial charge < -0.3 is 19.5 Å². The molecule has 1 aromatic heterocycles. The van der Waals surface area contributed by atoms with Crippen molar-refractivity contribution in [2.75, 3.05) is 13.2 Å². The lowest BCUT2D eigenvalue weighted by atomic mass is 9.95. The van der Waals surface area contributed by atoms with Crippen molar-refractivity contribution in [3.05, 3.63) is 93.9 Å². The van der Waals surface area contributed by atoms with Gasteiger partial charge in [-0.25, -0.2) is 4.39 Å².